The highest BCUT2D eigenvalue weighted by atomic mass is 16.5. The highest BCUT2D eigenvalue weighted by Crippen LogP contribution is 2.29. The highest BCUT2D eigenvalue weighted by molar-refractivity contribution is 5.98. The van der Waals surface area contributed by atoms with E-state index in [9.17, 15) is 9.90 Å². The summed E-state index contributed by atoms with van der Waals surface area (Å²) in [7, 11) is 0. The molecule has 0 saturated carbocycles. The molecule has 1 aromatic carbocycles. The van der Waals surface area contributed by atoms with Crippen LogP contribution in [0.4, 0.5) is 5.69 Å². The smallest absolute Gasteiger partial charge is 0.247 e. The van der Waals surface area contributed by atoms with Crippen LogP contribution < -0.4 is 5.32 Å². The van der Waals surface area contributed by atoms with Crippen molar-refractivity contribution in [2.24, 2.45) is 0 Å². The number of aliphatic hydroxyl groups is 1. The van der Waals surface area contributed by atoms with E-state index in [0.29, 0.717) is 18.9 Å². The quantitative estimate of drug-likeness (QED) is 0.746. The van der Waals surface area contributed by atoms with Gasteiger partial charge < -0.3 is 15.2 Å². The lowest BCUT2D eigenvalue weighted by Crippen LogP contribution is -2.46. The summed E-state index contributed by atoms with van der Waals surface area (Å²) in [6, 6.07) is 7.04. The van der Waals surface area contributed by atoms with Crippen molar-refractivity contribution in [3.8, 4) is 0 Å². The third-order valence-electron chi connectivity index (χ3n) is 2.56. The van der Waals surface area contributed by atoms with Gasteiger partial charge in [-0.25, -0.2) is 0 Å². The molecule has 1 fully saturated rings. The third-order valence-corrected chi connectivity index (χ3v) is 2.56. The number of hydrogen-bond donors (Lipinski definition) is 2. The lowest BCUT2D eigenvalue weighted by atomic mass is 9.92. The van der Waals surface area contributed by atoms with Crippen LogP contribution >= 0.6 is 0 Å². The van der Waals surface area contributed by atoms with Crippen LogP contribution in [0.1, 0.15) is 5.56 Å². The largest absolute Gasteiger partial charge is 0.380 e. The van der Waals surface area contributed by atoms with Gasteiger partial charge in [-0.05, 0) is 23.8 Å². The van der Waals surface area contributed by atoms with E-state index in [4.69, 9.17) is 4.74 Å². The van der Waals surface area contributed by atoms with E-state index in [-0.39, 0.29) is 5.91 Å². The maximum Gasteiger partial charge on any atom is 0.247 e. The normalized spacial score (nSPS) is 17.3. The predicted octanol–water partition coefficient (Wildman–Crippen LogP) is 1.03. The molecular weight excluding hydrogens is 206 g/mol. The van der Waals surface area contributed by atoms with Gasteiger partial charge in [0.25, 0.3) is 0 Å². The number of carbonyl (C=O) groups is 1. The zero-order valence-corrected chi connectivity index (χ0v) is 8.77. The first-order valence-corrected chi connectivity index (χ1v) is 4.98. The summed E-state index contributed by atoms with van der Waals surface area (Å²) in [4.78, 5) is 11.0. The van der Waals surface area contributed by atoms with Crippen LogP contribution in [-0.4, -0.2) is 24.2 Å². The highest BCUT2D eigenvalue weighted by Gasteiger charge is 2.37. The molecule has 1 aromatic rings. The number of benzene rings is 1. The molecule has 2 N–H and O–H groups in total. The standard InChI is InChI=1S/C12H13NO3/c1-2-11(14)13-10-5-3-9(4-6-10)12(15)7-16-8-12/h2-6,15H,1,7-8H2,(H,13,14). The first-order valence-electron chi connectivity index (χ1n) is 4.98. The molecule has 0 spiro atoms. The molecule has 16 heavy (non-hydrogen) atoms. The molecule has 0 radical (unpaired) electrons. The molecule has 0 bridgehead atoms. The molecule has 1 saturated heterocycles. The van der Waals surface area contributed by atoms with Gasteiger partial charge in [-0.3, -0.25) is 4.79 Å². The maximum absolute atomic E-state index is 11.0. The molecule has 2 rings (SSSR count). The molecule has 84 valence electrons. The number of carbonyl (C=O) groups excluding carboxylic acids is 1. The SMILES string of the molecule is C=CC(=O)Nc1ccc(C2(O)COC2)cc1. The van der Waals surface area contributed by atoms with Gasteiger partial charge in [0.05, 0.1) is 13.2 Å². The molecule has 4 nitrogen and oxygen atoms in total. The lowest BCUT2D eigenvalue weighted by molar-refractivity contribution is -0.184. The molecule has 1 heterocycles. The molecule has 0 aliphatic carbocycles. The topological polar surface area (TPSA) is 58.6 Å². The van der Waals surface area contributed by atoms with Crippen molar-refractivity contribution in [1.29, 1.82) is 0 Å². The molecule has 4 heteroatoms. The Balaban J connectivity index is 2.10. The lowest BCUT2D eigenvalue weighted by Gasteiger charge is -2.36. The van der Waals surface area contributed by atoms with E-state index in [1.54, 1.807) is 24.3 Å². The van der Waals surface area contributed by atoms with Crippen molar-refractivity contribution in [1.82, 2.24) is 0 Å². The zero-order chi connectivity index (χ0) is 11.6. The molecular formula is C12H13NO3. The van der Waals surface area contributed by atoms with Crippen molar-refractivity contribution in [3.05, 3.63) is 42.5 Å². The summed E-state index contributed by atoms with van der Waals surface area (Å²) in [5.41, 5.74) is 0.619. The maximum atomic E-state index is 11.0. The number of nitrogens with one attached hydrogen (secondary N) is 1. The Morgan fingerprint density at radius 3 is 2.50 bits per heavy atom. The van der Waals surface area contributed by atoms with E-state index in [2.05, 4.69) is 11.9 Å². The van der Waals surface area contributed by atoms with Gasteiger partial charge in [-0.2, -0.15) is 0 Å². The predicted molar refractivity (Wildman–Crippen MR) is 60.0 cm³/mol. The van der Waals surface area contributed by atoms with Crippen LogP contribution in [-0.2, 0) is 15.1 Å². The molecule has 0 atom stereocenters. The summed E-state index contributed by atoms with van der Waals surface area (Å²) < 4.78 is 4.97. The molecule has 1 amide bonds. The van der Waals surface area contributed by atoms with Crippen molar-refractivity contribution in [2.45, 2.75) is 5.60 Å². The van der Waals surface area contributed by atoms with Crippen molar-refractivity contribution < 1.29 is 14.6 Å². The van der Waals surface area contributed by atoms with Gasteiger partial charge in [-0.1, -0.05) is 18.7 Å². The van der Waals surface area contributed by atoms with Crippen molar-refractivity contribution in [2.75, 3.05) is 18.5 Å². The van der Waals surface area contributed by atoms with Gasteiger partial charge in [0.1, 0.15) is 5.60 Å². The first-order chi connectivity index (χ1) is 7.64. The summed E-state index contributed by atoms with van der Waals surface area (Å²) in [5, 5.41) is 12.6. The minimum atomic E-state index is -0.860. The summed E-state index contributed by atoms with van der Waals surface area (Å²) >= 11 is 0. The van der Waals surface area contributed by atoms with E-state index >= 15 is 0 Å². The number of hydrogen-bond acceptors (Lipinski definition) is 3. The zero-order valence-electron chi connectivity index (χ0n) is 8.77. The van der Waals surface area contributed by atoms with Crippen LogP contribution in [0.15, 0.2) is 36.9 Å². The number of anilines is 1. The van der Waals surface area contributed by atoms with E-state index < -0.39 is 5.60 Å². The number of amides is 1. The molecule has 1 aliphatic heterocycles. The second kappa shape index (κ2) is 4.08. The summed E-state index contributed by atoms with van der Waals surface area (Å²) in [5.74, 6) is -0.251. The van der Waals surface area contributed by atoms with E-state index in [0.717, 1.165) is 5.56 Å². The Hall–Kier alpha value is -1.65. The average molecular weight is 219 g/mol. The van der Waals surface area contributed by atoms with Gasteiger partial charge >= 0.3 is 0 Å². The summed E-state index contributed by atoms with van der Waals surface area (Å²) in [6.45, 7) is 4.02. The Kier molecular flexibility index (Phi) is 2.77. The van der Waals surface area contributed by atoms with Crippen LogP contribution in [0, 0.1) is 0 Å². The number of rotatable bonds is 3. The second-order valence-corrected chi connectivity index (χ2v) is 3.80. The minimum Gasteiger partial charge on any atom is -0.380 e. The van der Waals surface area contributed by atoms with Gasteiger partial charge in [0, 0.05) is 5.69 Å². The van der Waals surface area contributed by atoms with Gasteiger partial charge in [0.15, 0.2) is 0 Å². The first kappa shape index (κ1) is 10.9. The Labute approximate surface area is 93.5 Å². The van der Waals surface area contributed by atoms with Crippen molar-refractivity contribution >= 4 is 11.6 Å². The fourth-order valence-corrected chi connectivity index (χ4v) is 1.52. The van der Waals surface area contributed by atoms with Gasteiger partial charge in [-0.15, -0.1) is 0 Å². The molecule has 0 aromatic heterocycles. The monoisotopic (exact) mass is 219 g/mol. The Morgan fingerprint density at radius 2 is 2.06 bits per heavy atom. The minimum absolute atomic E-state index is 0.251. The Bertz CT molecular complexity index is 407. The van der Waals surface area contributed by atoms with E-state index in [1.807, 2.05) is 0 Å². The van der Waals surface area contributed by atoms with Crippen molar-refractivity contribution in [3.63, 3.8) is 0 Å². The molecule has 1 aliphatic rings. The summed E-state index contributed by atoms with van der Waals surface area (Å²) in [6.07, 6.45) is 1.21. The second-order valence-electron chi connectivity index (χ2n) is 3.80. The third kappa shape index (κ3) is 1.98. The van der Waals surface area contributed by atoms with Crippen LogP contribution in [0.3, 0.4) is 0 Å². The van der Waals surface area contributed by atoms with Crippen LogP contribution in [0.2, 0.25) is 0 Å². The van der Waals surface area contributed by atoms with Gasteiger partial charge in [0.2, 0.25) is 5.91 Å². The fraction of sp³-hybridized carbons (Fsp3) is 0.250. The fourth-order valence-electron chi connectivity index (χ4n) is 1.52. The van der Waals surface area contributed by atoms with E-state index in [1.165, 1.54) is 6.08 Å². The van der Waals surface area contributed by atoms with Crippen LogP contribution in [0.25, 0.3) is 0 Å². The van der Waals surface area contributed by atoms with Crippen LogP contribution in [0.5, 0.6) is 0 Å². The average Bonchev–Trinajstić information content (AvgIpc) is 2.27. The Morgan fingerprint density at radius 1 is 1.44 bits per heavy atom. The molecule has 0 unspecified atom stereocenters. The number of ether oxygens (including phenoxy) is 1.